The van der Waals surface area contributed by atoms with Crippen molar-refractivity contribution in [2.45, 2.75) is 0 Å². The lowest BCUT2D eigenvalue weighted by Crippen LogP contribution is -2.30. The fourth-order valence-corrected chi connectivity index (χ4v) is 0.198. The second-order valence-electron chi connectivity index (χ2n) is 1.21. The van der Waals surface area contributed by atoms with Gasteiger partial charge >= 0.3 is 0 Å². The fraction of sp³-hybridized carbons (Fsp3) is 0.500. The third kappa shape index (κ3) is 4.92. The number of nitrogens with one attached hydrogen (secondary N) is 1. The predicted octanol–water partition coefficient (Wildman–Crippen LogP) is -1.81. The molecule has 1 amide bonds. The average Bonchev–Trinajstić information content (AvgIpc) is 1.89. The van der Waals surface area contributed by atoms with Crippen molar-refractivity contribution in [3.63, 3.8) is 0 Å². The zero-order chi connectivity index (χ0) is 7.11. The van der Waals surface area contributed by atoms with Gasteiger partial charge in [0, 0.05) is 0 Å². The van der Waals surface area contributed by atoms with E-state index in [0.717, 1.165) is 0 Å². The topological polar surface area (TPSA) is 81.4 Å². The highest BCUT2D eigenvalue weighted by Crippen LogP contribution is 1.61. The van der Waals surface area contributed by atoms with Gasteiger partial charge in [-0.3, -0.25) is 9.63 Å². The molecule has 0 radical (unpaired) electrons. The second kappa shape index (κ2) is 5.20. The quantitative estimate of drug-likeness (QED) is 0.268. The molecule has 0 rings (SSSR count). The van der Waals surface area contributed by atoms with Gasteiger partial charge in [0.1, 0.15) is 12.9 Å². The van der Waals surface area contributed by atoms with Crippen molar-refractivity contribution in [3.05, 3.63) is 0 Å². The molecule has 5 nitrogen and oxygen atoms in total. The second-order valence-corrected chi connectivity index (χ2v) is 1.21. The van der Waals surface area contributed by atoms with Crippen LogP contribution in [0.5, 0.6) is 0 Å². The molecule has 0 aromatic carbocycles. The predicted molar refractivity (Wildman–Crippen MR) is 29.2 cm³/mol. The van der Waals surface area contributed by atoms with Gasteiger partial charge in [-0.25, -0.2) is 5.48 Å². The molecule has 0 aliphatic heterocycles. The zero-order valence-corrected chi connectivity index (χ0v) is 4.79. The fourth-order valence-electron chi connectivity index (χ4n) is 0.198. The number of hydrogen-bond donors (Lipinski definition) is 2. The number of amides is 1. The van der Waals surface area contributed by atoms with Crippen LogP contribution in [-0.2, 0) is 14.4 Å². The van der Waals surface area contributed by atoms with Gasteiger partial charge in [0.25, 0.3) is 5.91 Å². The number of rotatable bonds is 4. The van der Waals surface area contributed by atoms with Crippen molar-refractivity contribution in [2.75, 3.05) is 13.2 Å². The van der Waals surface area contributed by atoms with E-state index in [-0.39, 0.29) is 13.2 Å². The van der Waals surface area contributed by atoms with E-state index in [1.807, 2.05) is 5.48 Å². The van der Waals surface area contributed by atoms with Crippen LogP contribution in [-0.4, -0.2) is 25.3 Å². The highest BCUT2D eigenvalue weighted by atomic mass is 16.7. The maximum absolute atomic E-state index is 10.2. The van der Waals surface area contributed by atoms with E-state index in [9.17, 15) is 9.59 Å². The van der Waals surface area contributed by atoms with Gasteiger partial charge in [0.05, 0.1) is 6.54 Å². The van der Waals surface area contributed by atoms with Crippen LogP contribution < -0.4 is 11.2 Å². The van der Waals surface area contributed by atoms with Crippen LogP contribution in [0, 0.1) is 0 Å². The molecule has 0 aliphatic rings. The Morgan fingerprint density at radius 1 is 1.78 bits per heavy atom. The summed E-state index contributed by atoms with van der Waals surface area (Å²) in [5.74, 6) is -0.447. The van der Waals surface area contributed by atoms with Crippen LogP contribution in [0.25, 0.3) is 0 Å². The van der Waals surface area contributed by atoms with E-state index in [0.29, 0.717) is 6.29 Å². The summed E-state index contributed by atoms with van der Waals surface area (Å²) in [6.07, 6.45) is 0.525. The number of nitrogens with two attached hydrogens (primary N) is 1. The normalized spacial score (nSPS) is 8.56. The van der Waals surface area contributed by atoms with Crippen molar-refractivity contribution in [1.29, 1.82) is 0 Å². The SMILES string of the molecule is NCC(=O)NOCC=O. The first kappa shape index (κ1) is 8.06. The molecule has 0 saturated heterocycles. The number of carbonyl (C=O) groups is 2. The summed E-state index contributed by atoms with van der Waals surface area (Å²) in [4.78, 5) is 24.1. The van der Waals surface area contributed by atoms with Crippen molar-refractivity contribution in [2.24, 2.45) is 5.73 Å². The van der Waals surface area contributed by atoms with Gasteiger partial charge < -0.3 is 10.5 Å². The van der Waals surface area contributed by atoms with Gasteiger partial charge in [-0.1, -0.05) is 0 Å². The minimum absolute atomic E-state index is 0.140. The minimum Gasteiger partial charge on any atom is -0.322 e. The van der Waals surface area contributed by atoms with Crippen LogP contribution >= 0.6 is 0 Å². The Balaban J connectivity index is 3.06. The highest BCUT2D eigenvalue weighted by molar-refractivity contribution is 5.76. The molecule has 0 unspecified atom stereocenters. The van der Waals surface area contributed by atoms with Crippen molar-refractivity contribution >= 4 is 12.2 Å². The lowest BCUT2D eigenvalue weighted by Gasteiger charge is -1.97. The zero-order valence-electron chi connectivity index (χ0n) is 4.79. The third-order valence-electron chi connectivity index (χ3n) is 0.523. The number of hydrogen-bond acceptors (Lipinski definition) is 4. The van der Waals surface area contributed by atoms with Crippen LogP contribution in [0.15, 0.2) is 0 Å². The molecule has 3 N–H and O–H groups in total. The monoisotopic (exact) mass is 132 g/mol. The summed E-state index contributed by atoms with van der Waals surface area (Å²) in [5, 5.41) is 0. The molecule has 0 aliphatic carbocycles. The maximum Gasteiger partial charge on any atom is 0.257 e. The summed E-state index contributed by atoms with van der Waals surface area (Å²) < 4.78 is 0. The molecule has 0 atom stereocenters. The molecule has 0 spiro atoms. The largest absolute Gasteiger partial charge is 0.322 e. The number of carbonyl (C=O) groups excluding carboxylic acids is 2. The molecular formula is C4H8N2O3. The summed E-state index contributed by atoms with van der Waals surface area (Å²) >= 11 is 0. The molecule has 0 heterocycles. The van der Waals surface area contributed by atoms with E-state index >= 15 is 0 Å². The van der Waals surface area contributed by atoms with Gasteiger partial charge in [-0.2, -0.15) is 0 Å². The summed E-state index contributed by atoms with van der Waals surface area (Å²) in [5.41, 5.74) is 6.81. The molecule has 0 aromatic rings. The highest BCUT2D eigenvalue weighted by Gasteiger charge is 1.92. The Hall–Kier alpha value is -0.940. The average molecular weight is 132 g/mol. The molecular weight excluding hydrogens is 124 g/mol. The van der Waals surface area contributed by atoms with E-state index in [4.69, 9.17) is 5.73 Å². The summed E-state index contributed by atoms with van der Waals surface area (Å²) in [7, 11) is 0. The number of hydroxylamine groups is 1. The molecule has 52 valence electrons. The lowest BCUT2D eigenvalue weighted by atomic mass is 10.7. The Bertz CT molecular complexity index is 104. The van der Waals surface area contributed by atoms with Crippen LogP contribution in [0.3, 0.4) is 0 Å². The standard InChI is InChI=1S/C4H8N2O3/c5-3-4(8)6-9-2-1-7/h1H,2-3,5H2,(H,6,8). The van der Waals surface area contributed by atoms with Gasteiger partial charge in [0.2, 0.25) is 0 Å². The summed E-state index contributed by atoms with van der Waals surface area (Å²) in [6, 6.07) is 0. The van der Waals surface area contributed by atoms with E-state index in [1.165, 1.54) is 0 Å². The summed E-state index contributed by atoms with van der Waals surface area (Å²) in [6.45, 7) is -0.287. The Kier molecular flexibility index (Phi) is 4.66. The Morgan fingerprint density at radius 3 is 2.89 bits per heavy atom. The molecule has 0 aromatic heterocycles. The van der Waals surface area contributed by atoms with E-state index in [1.54, 1.807) is 0 Å². The lowest BCUT2D eigenvalue weighted by molar-refractivity contribution is -0.133. The Morgan fingerprint density at radius 2 is 2.44 bits per heavy atom. The van der Waals surface area contributed by atoms with Crippen LogP contribution in [0.2, 0.25) is 0 Å². The van der Waals surface area contributed by atoms with Crippen molar-refractivity contribution in [1.82, 2.24) is 5.48 Å². The van der Waals surface area contributed by atoms with Gasteiger partial charge in [0.15, 0.2) is 0 Å². The van der Waals surface area contributed by atoms with Crippen molar-refractivity contribution < 1.29 is 14.4 Å². The van der Waals surface area contributed by atoms with E-state index in [2.05, 4.69) is 4.84 Å². The smallest absolute Gasteiger partial charge is 0.257 e. The van der Waals surface area contributed by atoms with Gasteiger partial charge in [-0.15, -0.1) is 0 Å². The van der Waals surface area contributed by atoms with Crippen LogP contribution in [0.4, 0.5) is 0 Å². The Labute approximate surface area is 52.1 Å². The molecule has 5 heteroatoms. The minimum atomic E-state index is -0.447. The van der Waals surface area contributed by atoms with Gasteiger partial charge in [-0.05, 0) is 0 Å². The molecule has 9 heavy (non-hydrogen) atoms. The first-order chi connectivity index (χ1) is 4.31. The van der Waals surface area contributed by atoms with Crippen molar-refractivity contribution in [3.8, 4) is 0 Å². The molecule has 0 saturated carbocycles. The van der Waals surface area contributed by atoms with E-state index < -0.39 is 5.91 Å². The first-order valence-electron chi connectivity index (χ1n) is 2.35. The third-order valence-corrected chi connectivity index (χ3v) is 0.523. The number of aldehydes is 1. The molecule has 0 bridgehead atoms. The van der Waals surface area contributed by atoms with Crippen LogP contribution in [0.1, 0.15) is 0 Å². The molecule has 0 fully saturated rings. The first-order valence-corrected chi connectivity index (χ1v) is 2.35. The maximum atomic E-state index is 10.2.